The quantitative estimate of drug-likeness (QED) is 0.547. The number of benzene rings is 2. The average Bonchev–Trinajstić information content (AvgIpc) is 2.58. The van der Waals surface area contributed by atoms with Gasteiger partial charge in [0, 0.05) is 12.4 Å². The summed E-state index contributed by atoms with van der Waals surface area (Å²) < 4.78 is 11.7. The lowest BCUT2D eigenvalue weighted by molar-refractivity contribution is 0.0723. The molecule has 0 bridgehead atoms. The Balaban J connectivity index is 2.08. The molecular weight excluding hydrogens is 296 g/mol. The molecule has 2 aromatic carbocycles. The molecule has 0 saturated carbocycles. The molecule has 0 fully saturated rings. The van der Waals surface area contributed by atoms with Crippen molar-refractivity contribution in [3.63, 3.8) is 0 Å². The summed E-state index contributed by atoms with van der Waals surface area (Å²) in [5, 5.41) is 4.91. The van der Waals surface area contributed by atoms with Crippen molar-refractivity contribution in [2.75, 3.05) is 7.11 Å². The number of aryl methyl sites for hydroxylation is 1. The molecule has 0 N–H and O–H groups in total. The SMILES string of the molecule is COc1ccccc1OC(=O)c1nn(C)c(=O)c2ccccc12. The standard InChI is InChI=1S/C17H14N2O4/c1-19-16(20)12-8-4-3-7-11(12)15(18-19)17(21)23-14-10-6-5-9-13(14)22-2/h3-10H,1-2H3. The first-order valence-corrected chi connectivity index (χ1v) is 6.93. The number of ether oxygens (including phenoxy) is 2. The van der Waals surface area contributed by atoms with Crippen molar-refractivity contribution in [3.8, 4) is 11.5 Å². The van der Waals surface area contributed by atoms with E-state index in [1.165, 1.54) is 14.2 Å². The van der Waals surface area contributed by atoms with Crippen LogP contribution in [0.5, 0.6) is 11.5 Å². The van der Waals surface area contributed by atoms with Gasteiger partial charge in [-0.3, -0.25) is 4.79 Å². The number of fused-ring (bicyclic) bond motifs is 1. The molecule has 116 valence electrons. The Morgan fingerprint density at radius 3 is 2.30 bits per heavy atom. The second-order valence-corrected chi connectivity index (χ2v) is 4.86. The Morgan fingerprint density at radius 1 is 1.00 bits per heavy atom. The molecule has 1 heterocycles. The summed E-state index contributed by atoms with van der Waals surface area (Å²) in [7, 11) is 2.99. The van der Waals surface area contributed by atoms with Gasteiger partial charge in [-0.15, -0.1) is 0 Å². The van der Waals surface area contributed by atoms with Gasteiger partial charge in [0.05, 0.1) is 12.5 Å². The molecule has 1 aromatic heterocycles. The van der Waals surface area contributed by atoms with E-state index in [4.69, 9.17) is 9.47 Å². The van der Waals surface area contributed by atoms with Gasteiger partial charge >= 0.3 is 5.97 Å². The molecule has 0 spiro atoms. The zero-order chi connectivity index (χ0) is 16.4. The lowest BCUT2D eigenvalue weighted by Gasteiger charge is -2.10. The predicted octanol–water partition coefficient (Wildman–Crippen LogP) is 2.16. The zero-order valence-electron chi connectivity index (χ0n) is 12.6. The van der Waals surface area contributed by atoms with Crippen LogP contribution in [0.4, 0.5) is 0 Å². The normalized spacial score (nSPS) is 10.5. The van der Waals surface area contributed by atoms with E-state index in [0.29, 0.717) is 22.3 Å². The number of nitrogens with zero attached hydrogens (tertiary/aromatic N) is 2. The maximum Gasteiger partial charge on any atom is 0.364 e. The van der Waals surface area contributed by atoms with E-state index < -0.39 is 5.97 Å². The summed E-state index contributed by atoms with van der Waals surface area (Å²) >= 11 is 0. The number of carbonyl (C=O) groups is 1. The lowest BCUT2D eigenvalue weighted by Crippen LogP contribution is -2.24. The fourth-order valence-electron chi connectivity index (χ4n) is 2.30. The van der Waals surface area contributed by atoms with Gasteiger partial charge < -0.3 is 9.47 Å². The molecule has 0 amide bonds. The molecule has 3 aromatic rings. The maximum absolute atomic E-state index is 12.5. The van der Waals surface area contributed by atoms with Crippen molar-refractivity contribution in [3.05, 3.63) is 64.6 Å². The number of para-hydroxylation sites is 2. The number of hydrogen-bond donors (Lipinski definition) is 0. The molecule has 0 aliphatic rings. The number of methoxy groups -OCH3 is 1. The van der Waals surface area contributed by atoms with Gasteiger partial charge in [0.15, 0.2) is 17.2 Å². The molecule has 0 radical (unpaired) electrons. The lowest BCUT2D eigenvalue weighted by atomic mass is 10.1. The van der Waals surface area contributed by atoms with Crippen LogP contribution < -0.4 is 15.0 Å². The second kappa shape index (κ2) is 5.92. The summed E-state index contributed by atoms with van der Waals surface area (Å²) in [4.78, 5) is 24.6. The van der Waals surface area contributed by atoms with E-state index in [1.807, 2.05) is 0 Å². The Kier molecular flexibility index (Phi) is 3.80. The molecule has 0 saturated heterocycles. The van der Waals surface area contributed by atoms with Crippen LogP contribution in [0.3, 0.4) is 0 Å². The molecule has 0 aliphatic heterocycles. The third kappa shape index (κ3) is 2.66. The van der Waals surface area contributed by atoms with Crippen molar-refractivity contribution in [2.45, 2.75) is 0 Å². The summed E-state index contributed by atoms with van der Waals surface area (Å²) in [6.45, 7) is 0. The minimum absolute atomic E-state index is 0.0774. The molecule has 23 heavy (non-hydrogen) atoms. The number of esters is 1. The fraction of sp³-hybridized carbons (Fsp3) is 0.118. The summed E-state index contributed by atoms with van der Waals surface area (Å²) in [6, 6.07) is 13.6. The highest BCUT2D eigenvalue weighted by molar-refractivity contribution is 6.03. The maximum atomic E-state index is 12.5. The first-order chi connectivity index (χ1) is 11.1. The van der Waals surface area contributed by atoms with Crippen molar-refractivity contribution < 1.29 is 14.3 Å². The largest absolute Gasteiger partial charge is 0.493 e. The smallest absolute Gasteiger partial charge is 0.364 e. The monoisotopic (exact) mass is 310 g/mol. The van der Waals surface area contributed by atoms with Crippen LogP contribution in [0.15, 0.2) is 53.3 Å². The minimum Gasteiger partial charge on any atom is -0.493 e. The summed E-state index contributed by atoms with van der Waals surface area (Å²) in [5.74, 6) is 0.0796. The summed E-state index contributed by atoms with van der Waals surface area (Å²) in [5.41, 5.74) is -0.192. The van der Waals surface area contributed by atoms with Crippen LogP contribution in [0.1, 0.15) is 10.5 Å². The Morgan fingerprint density at radius 2 is 1.61 bits per heavy atom. The highest BCUT2D eigenvalue weighted by Crippen LogP contribution is 2.27. The van der Waals surface area contributed by atoms with Gasteiger partial charge in [-0.2, -0.15) is 5.10 Å². The molecule has 0 atom stereocenters. The number of aromatic nitrogens is 2. The van der Waals surface area contributed by atoms with Crippen LogP contribution in [0.2, 0.25) is 0 Å². The average molecular weight is 310 g/mol. The third-order valence-electron chi connectivity index (χ3n) is 3.42. The van der Waals surface area contributed by atoms with E-state index in [1.54, 1.807) is 48.5 Å². The highest BCUT2D eigenvalue weighted by Gasteiger charge is 2.19. The second-order valence-electron chi connectivity index (χ2n) is 4.86. The molecule has 3 rings (SSSR count). The van der Waals surface area contributed by atoms with Crippen molar-refractivity contribution in [1.82, 2.24) is 9.78 Å². The first-order valence-electron chi connectivity index (χ1n) is 6.93. The third-order valence-corrected chi connectivity index (χ3v) is 3.42. The topological polar surface area (TPSA) is 70.4 Å². The van der Waals surface area contributed by atoms with E-state index >= 15 is 0 Å². The molecular formula is C17H14N2O4. The Labute approximate surface area is 131 Å². The van der Waals surface area contributed by atoms with Gasteiger partial charge in [-0.1, -0.05) is 30.3 Å². The zero-order valence-corrected chi connectivity index (χ0v) is 12.6. The van der Waals surface area contributed by atoms with Crippen molar-refractivity contribution >= 4 is 16.7 Å². The van der Waals surface area contributed by atoms with E-state index in [9.17, 15) is 9.59 Å². The minimum atomic E-state index is -0.652. The number of hydrogen-bond acceptors (Lipinski definition) is 5. The fourth-order valence-corrected chi connectivity index (χ4v) is 2.30. The van der Waals surface area contributed by atoms with Gasteiger partial charge in [-0.25, -0.2) is 9.48 Å². The van der Waals surface area contributed by atoms with Crippen LogP contribution in [-0.4, -0.2) is 22.9 Å². The van der Waals surface area contributed by atoms with Crippen molar-refractivity contribution in [2.24, 2.45) is 7.05 Å². The summed E-state index contributed by atoms with van der Waals surface area (Å²) in [6.07, 6.45) is 0. The van der Waals surface area contributed by atoms with Crippen LogP contribution in [0, 0.1) is 0 Å². The molecule has 0 aliphatic carbocycles. The Hall–Kier alpha value is -3.15. The van der Waals surface area contributed by atoms with Gasteiger partial charge in [-0.05, 0) is 18.2 Å². The first kappa shape index (κ1) is 14.8. The number of rotatable bonds is 3. The molecule has 6 heteroatoms. The number of carbonyl (C=O) groups excluding carboxylic acids is 1. The van der Waals surface area contributed by atoms with E-state index in [0.717, 1.165) is 4.68 Å². The van der Waals surface area contributed by atoms with Crippen LogP contribution >= 0.6 is 0 Å². The van der Waals surface area contributed by atoms with Crippen molar-refractivity contribution in [1.29, 1.82) is 0 Å². The van der Waals surface area contributed by atoms with Gasteiger partial charge in [0.25, 0.3) is 5.56 Å². The van der Waals surface area contributed by atoms with Gasteiger partial charge in [0.2, 0.25) is 0 Å². The van der Waals surface area contributed by atoms with Gasteiger partial charge in [0.1, 0.15) is 0 Å². The molecule has 6 nitrogen and oxygen atoms in total. The van der Waals surface area contributed by atoms with E-state index in [-0.39, 0.29) is 11.3 Å². The Bertz CT molecular complexity index is 947. The van der Waals surface area contributed by atoms with Crippen LogP contribution in [0.25, 0.3) is 10.8 Å². The van der Waals surface area contributed by atoms with E-state index in [2.05, 4.69) is 5.10 Å². The van der Waals surface area contributed by atoms with Crippen LogP contribution in [-0.2, 0) is 7.05 Å². The predicted molar refractivity (Wildman–Crippen MR) is 84.9 cm³/mol. The highest BCUT2D eigenvalue weighted by atomic mass is 16.6. The molecule has 0 unspecified atom stereocenters.